The van der Waals surface area contributed by atoms with E-state index in [0.717, 1.165) is 19.4 Å². The molecule has 1 unspecified atom stereocenters. The maximum Gasteiger partial charge on any atom is 0.0771 e. The van der Waals surface area contributed by atoms with Gasteiger partial charge in [-0.15, -0.1) is 0 Å². The minimum Gasteiger partial charge on any atom is -0.389 e. The first-order chi connectivity index (χ1) is 6.02. The molecule has 0 aromatic heterocycles. The van der Waals surface area contributed by atoms with E-state index >= 15 is 0 Å². The van der Waals surface area contributed by atoms with Gasteiger partial charge in [-0.1, -0.05) is 26.7 Å². The summed E-state index contributed by atoms with van der Waals surface area (Å²) in [6.45, 7) is 5.37. The predicted molar refractivity (Wildman–Crippen MR) is 53.6 cm³/mol. The lowest BCUT2D eigenvalue weighted by atomic mass is 10.0. The second-order valence-electron chi connectivity index (χ2n) is 5.56. The van der Waals surface area contributed by atoms with Gasteiger partial charge in [0.2, 0.25) is 0 Å². The van der Waals surface area contributed by atoms with Crippen LogP contribution in [0.1, 0.15) is 46.0 Å². The number of hydrogen-bond acceptors (Lipinski definition) is 2. The van der Waals surface area contributed by atoms with Crippen molar-refractivity contribution in [3.8, 4) is 0 Å². The van der Waals surface area contributed by atoms with E-state index in [1.807, 2.05) is 0 Å². The molecule has 76 valence electrons. The SMILES string of the molecule is CC1(C)CC1NCC1(O)CCCC1. The first-order valence-electron chi connectivity index (χ1n) is 5.48. The van der Waals surface area contributed by atoms with Crippen molar-refractivity contribution in [3.63, 3.8) is 0 Å². The Labute approximate surface area is 80.7 Å². The van der Waals surface area contributed by atoms with Crippen LogP contribution >= 0.6 is 0 Å². The van der Waals surface area contributed by atoms with Crippen LogP contribution in [0, 0.1) is 5.41 Å². The van der Waals surface area contributed by atoms with Crippen LogP contribution in [0.3, 0.4) is 0 Å². The predicted octanol–water partition coefficient (Wildman–Crippen LogP) is 1.68. The summed E-state index contributed by atoms with van der Waals surface area (Å²) in [4.78, 5) is 0. The molecule has 2 N–H and O–H groups in total. The van der Waals surface area contributed by atoms with Crippen LogP contribution in [-0.2, 0) is 0 Å². The van der Waals surface area contributed by atoms with Crippen LogP contribution < -0.4 is 5.32 Å². The van der Waals surface area contributed by atoms with Crippen molar-refractivity contribution in [2.24, 2.45) is 5.41 Å². The minimum atomic E-state index is -0.376. The summed E-state index contributed by atoms with van der Waals surface area (Å²) in [5.41, 5.74) is 0.105. The zero-order valence-corrected chi connectivity index (χ0v) is 8.77. The van der Waals surface area contributed by atoms with Gasteiger partial charge in [0.25, 0.3) is 0 Å². The van der Waals surface area contributed by atoms with Gasteiger partial charge in [0.15, 0.2) is 0 Å². The lowest BCUT2D eigenvalue weighted by Gasteiger charge is -2.23. The average molecular weight is 183 g/mol. The van der Waals surface area contributed by atoms with E-state index in [0.29, 0.717) is 11.5 Å². The lowest BCUT2D eigenvalue weighted by molar-refractivity contribution is 0.0467. The molecule has 0 spiro atoms. The largest absolute Gasteiger partial charge is 0.389 e. The fourth-order valence-electron chi connectivity index (χ4n) is 2.34. The average Bonchev–Trinajstić information content (AvgIpc) is 2.43. The van der Waals surface area contributed by atoms with Crippen molar-refractivity contribution in [3.05, 3.63) is 0 Å². The second-order valence-corrected chi connectivity index (χ2v) is 5.56. The second kappa shape index (κ2) is 2.96. The molecule has 0 heterocycles. The Morgan fingerprint density at radius 2 is 1.85 bits per heavy atom. The Hall–Kier alpha value is -0.0800. The quantitative estimate of drug-likeness (QED) is 0.697. The van der Waals surface area contributed by atoms with E-state index < -0.39 is 0 Å². The van der Waals surface area contributed by atoms with Gasteiger partial charge in [-0.05, 0) is 24.7 Å². The van der Waals surface area contributed by atoms with Gasteiger partial charge in [0.05, 0.1) is 5.60 Å². The molecule has 2 aliphatic rings. The number of nitrogens with one attached hydrogen (secondary N) is 1. The standard InChI is InChI=1S/C11H21NO/c1-10(2)7-9(10)12-8-11(13)5-3-4-6-11/h9,12-13H,3-8H2,1-2H3. The van der Waals surface area contributed by atoms with Crippen LogP contribution in [0.15, 0.2) is 0 Å². The molecule has 0 radical (unpaired) electrons. The van der Waals surface area contributed by atoms with Gasteiger partial charge in [0.1, 0.15) is 0 Å². The minimum absolute atomic E-state index is 0.376. The molecular formula is C11H21NO. The van der Waals surface area contributed by atoms with Crippen molar-refractivity contribution >= 4 is 0 Å². The van der Waals surface area contributed by atoms with Crippen LogP contribution in [0.2, 0.25) is 0 Å². The van der Waals surface area contributed by atoms with Crippen molar-refractivity contribution in [1.82, 2.24) is 5.32 Å². The molecule has 0 aromatic carbocycles. The normalized spacial score (nSPS) is 34.8. The summed E-state index contributed by atoms with van der Waals surface area (Å²) in [5.74, 6) is 0. The molecule has 2 saturated carbocycles. The molecule has 0 aromatic rings. The Morgan fingerprint density at radius 3 is 2.31 bits per heavy atom. The van der Waals surface area contributed by atoms with E-state index in [4.69, 9.17) is 0 Å². The van der Waals surface area contributed by atoms with E-state index in [1.165, 1.54) is 19.3 Å². The summed E-state index contributed by atoms with van der Waals surface area (Å²) in [6.07, 6.45) is 5.65. The molecular weight excluding hydrogens is 162 g/mol. The molecule has 2 aliphatic carbocycles. The molecule has 2 fully saturated rings. The molecule has 0 bridgehead atoms. The van der Waals surface area contributed by atoms with Crippen molar-refractivity contribution in [1.29, 1.82) is 0 Å². The van der Waals surface area contributed by atoms with E-state index in [1.54, 1.807) is 0 Å². The summed E-state index contributed by atoms with van der Waals surface area (Å²) >= 11 is 0. The van der Waals surface area contributed by atoms with Crippen molar-refractivity contribution in [2.45, 2.75) is 57.6 Å². The fraction of sp³-hybridized carbons (Fsp3) is 1.00. The summed E-state index contributed by atoms with van der Waals surface area (Å²) in [5, 5.41) is 13.6. The van der Waals surface area contributed by atoms with E-state index in [-0.39, 0.29) is 5.60 Å². The molecule has 1 atom stereocenters. The van der Waals surface area contributed by atoms with Crippen LogP contribution in [0.25, 0.3) is 0 Å². The third-order valence-electron chi connectivity index (χ3n) is 3.73. The van der Waals surface area contributed by atoms with Crippen LogP contribution in [0.5, 0.6) is 0 Å². The topological polar surface area (TPSA) is 32.3 Å². The lowest BCUT2D eigenvalue weighted by Crippen LogP contribution is -2.39. The Kier molecular flexibility index (Phi) is 2.16. The zero-order valence-electron chi connectivity index (χ0n) is 8.77. The third kappa shape index (κ3) is 2.05. The maximum atomic E-state index is 10.1. The van der Waals surface area contributed by atoms with Gasteiger partial charge in [0, 0.05) is 12.6 Å². The third-order valence-corrected chi connectivity index (χ3v) is 3.73. The van der Waals surface area contributed by atoms with E-state index in [2.05, 4.69) is 19.2 Å². The van der Waals surface area contributed by atoms with Gasteiger partial charge in [-0.3, -0.25) is 0 Å². The summed E-state index contributed by atoms with van der Waals surface area (Å²) in [6, 6.07) is 0.650. The van der Waals surface area contributed by atoms with Crippen LogP contribution in [-0.4, -0.2) is 23.3 Å². The number of rotatable bonds is 3. The molecule has 2 nitrogen and oxygen atoms in total. The summed E-state index contributed by atoms with van der Waals surface area (Å²) < 4.78 is 0. The molecule has 0 saturated heterocycles. The first-order valence-corrected chi connectivity index (χ1v) is 5.48. The number of hydrogen-bond donors (Lipinski definition) is 2. The van der Waals surface area contributed by atoms with Crippen molar-refractivity contribution < 1.29 is 5.11 Å². The Morgan fingerprint density at radius 1 is 1.31 bits per heavy atom. The molecule has 2 rings (SSSR count). The smallest absolute Gasteiger partial charge is 0.0771 e. The summed E-state index contributed by atoms with van der Waals surface area (Å²) in [7, 11) is 0. The van der Waals surface area contributed by atoms with Gasteiger partial charge in [-0.25, -0.2) is 0 Å². The Balaban J connectivity index is 1.74. The highest BCUT2D eigenvalue weighted by Crippen LogP contribution is 2.45. The molecule has 0 amide bonds. The number of aliphatic hydroxyl groups is 1. The molecule has 0 aliphatic heterocycles. The Bertz CT molecular complexity index is 194. The van der Waals surface area contributed by atoms with Crippen molar-refractivity contribution in [2.75, 3.05) is 6.54 Å². The van der Waals surface area contributed by atoms with Crippen LogP contribution in [0.4, 0.5) is 0 Å². The highest BCUT2D eigenvalue weighted by molar-refractivity contribution is 5.02. The van der Waals surface area contributed by atoms with E-state index in [9.17, 15) is 5.11 Å². The molecule has 13 heavy (non-hydrogen) atoms. The fourth-order valence-corrected chi connectivity index (χ4v) is 2.34. The first kappa shape index (κ1) is 9.47. The van der Waals surface area contributed by atoms with Gasteiger partial charge >= 0.3 is 0 Å². The van der Waals surface area contributed by atoms with Gasteiger partial charge < -0.3 is 10.4 Å². The maximum absolute atomic E-state index is 10.1. The highest BCUT2D eigenvalue weighted by atomic mass is 16.3. The molecule has 2 heteroatoms. The zero-order chi connectivity index (χ0) is 9.53. The highest BCUT2D eigenvalue weighted by Gasteiger charge is 2.46. The van der Waals surface area contributed by atoms with Gasteiger partial charge in [-0.2, -0.15) is 0 Å². The monoisotopic (exact) mass is 183 g/mol.